The van der Waals surface area contributed by atoms with Crippen molar-refractivity contribution in [3.05, 3.63) is 148 Å². The summed E-state index contributed by atoms with van der Waals surface area (Å²) in [6.07, 6.45) is 2.41. The zero-order valence-electron chi connectivity index (χ0n) is 36.8. The molecule has 0 spiro atoms. The van der Waals surface area contributed by atoms with Gasteiger partial charge in [0.1, 0.15) is 0 Å². The van der Waals surface area contributed by atoms with E-state index in [1.807, 2.05) is 11.3 Å². The van der Waals surface area contributed by atoms with Crippen molar-refractivity contribution < 1.29 is 0 Å². The van der Waals surface area contributed by atoms with Gasteiger partial charge in [-0.2, -0.15) is 0 Å². The molecule has 2 nitrogen and oxygen atoms in total. The third-order valence-electron chi connectivity index (χ3n) is 14.2. The predicted octanol–water partition coefficient (Wildman–Crippen LogP) is 14.2. The van der Waals surface area contributed by atoms with Crippen LogP contribution in [0.1, 0.15) is 119 Å². The van der Waals surface area contributed by atoms with Gasteiger partial charge < -0.3 is 9.80 Å². The van der Waals surface area contributed by atoms with Crippen molar-refractivity contribution in [1.82, 2.24) is 0 Å². The first kappa shape index (κ1) is 38.2. The Hall–Kier alpha value is -5.06. The molecule has 1 aliphatic carbocycles. The smallest absolute Gasteiger partial charge is 0.264 e. The van der Waals surface area contributed by atoms with Crippen LogP contribution in [0.15, 0.2) is 109 Å². The predicted molar refractivity (Wildman–Crippen MR) is 259 cm³/mol. The van der Waals surface area contributed by atoms with Gasteiger partial charge in [-0.1, -0.05) is 116 Å². The number of nitrogens with zero attached hydrogens (tertiary/aromatic N) is 2. The fraction of sp³-hybridized carbons (Fsp3) is 0.309. The zero-order valence-corrected chi connectivity index (χ0v) is 37.7. The molecule has 1 aromatic heterocycles. The summed E-state index contributed by atoms with van der Waals surface area (Å²) in [5, 5.41) is 1.39. The fourth-order valence-corrected chi connectivity index (χ4v) is 11.9. The highest BCUT2D eigenvalue weighted by molar-refractivity contribution is 7.33. The average molecular weight is 789 g/mol. The first-order chi connectivity index (χ1) is 28.1. The largest absolute Gasteiger partial charge is 0.311 e. The van der Waals surface area contributed by atoms with Crippen molar-refractivity contribution in [3.8, 4) is 11.1 Å². The Labute approximate surface area is 357 Å². The number of fused-ring (bicyclic) bond motifs is 7. The second-order valence-electron chi connectivity index (χ2n) is 19.8. The van der Waals surface area contributed by atoms with E-state index in [2.05, 4.69) is 195 Å². The maximum absolute atomic E-state index is 2.65. The van der Waals surface area contributed by atoms with Gasteiger partial charge in [-0.15, -0.1) is 11.3 Å². The summed E-state index contributed by atoms with van der Waals surface area (Å²) in [5.41, 5.74) is 22.9. The normalized spacial score (nSPS) is 16.1. The van der Waals surface area contributed by atoms with E-state index in [0.29, 0.717) is 11.8 Å². The lowest BCUT2D eigenvalue weighted by molar-refractivity contribution is 0.332. The quantitative estimate of drug-likeness (QED) is 0.160. The molecule has 0 bridgehead atoms. The molecule has 0 saturated heterocycles. The van der Waals surface area contributed by atoms with E-state index >= 15 is 0 Å². The van der Waals surface area contributed by atoms with Crippen LogP contribution < -0.4 is 25.5 Å². The fourth-order valence-electron chi connectivity index (χ4n) is 10.5. The summed E-state index contributed by atoms with van der Waals surface area (Å²) in [6.45, 7) is 26.0. The number of anilines is 6. The van der Waals surface area contributed by atoms with Gasteiger partial charge in [0.15, 0.2) is 0 Å². The third kappa shape index (κ3) is 5.87. The highest BCUT2D eigenvalue weighted by Crippen LogP contribution is 2.53. The molecule has 3 heterocycles. The lowest BCUT2D eigenvalue weighted by atomic mass is 9.36. The number of benzene rings is 6. The lowest BCUT2D eigenvalue weighted by Crippen LogP contribution is -2.60. The van der Waals surface area contributed by atoms with Crippen molar-refractivity contribution in [1.29, 1.82) is 0 Å². The van der Waals surface area contributed by atoms with E-state index in [1.165, 1.54) is 123 Å². The molecule has 0 radical (unpaired) electrons. The second-order valence-corrected chi connectivity index (χ2v) is 20.9. The summed E-state index contributed by atoms with van der Waals surface area (Å²) < 4.78 is 2.86. The SMILES string of the molecule is Cc1cc2c3c(c1)N(c1ccc(C(C)C)cc1)c1c(sc4cc5c(cc14)C(C)(C)CCC5(C)C)B3c1cc(C(C)C)ccc1N2c1cc(-c2ccccc2C)ccc1C. The van der Waals surface area contributed by atoms with Crippen molar-refractivity contribution >= 4 is 78.0 Å². The van der Waals surface area contributed by atoms with Gasteiger partial charge in [0, 0.05) is 43.3 Å². The van der Waals surface area contributed by atoms with Crippen LogP contribution in [-0.4, -0.2) is 6.71 Å². The van der Waals surface area contributed by atoms with E-state index < -0.39 is 0 Å². The van der Waals surface area contributed by atoms with Crippen LogP contribution in [0.5, 0.6) is 0 Å². The Morgan fingerprint density at radius 2 is 1.24 bits per heavy atom. The van der Waals surface area contributed by atoms with Gasteiger partial charge in [0.05, 0.1) is 5.69 Å². The van der Waals surface area contributed by atoms with Crippen LogP contribution in [0.25, 0.3) is 21.2 Å². The molecule has 0 saturated carbocycles. The standard InChI is InChI=1S/C55H57BN2S/c1-32(2)37-18-21-40(22-19-37)57-48-26-34(5)27-49-51(48)56(53-52(57)42-30-43-44(31-50(42)59-53)55(10,11)25-24-54(43,8)9)45-28-38(33(3)4)20-23-46(45)58(49)47-29-39(17-16-36(47)7)41-15-13-12-14-35(41)6/h12-23,26-33H,24-25H2,1-11H3. The molecule has 0 amide bonds. The Balaban J connectivity index is 1.31. The van der Waals surface area contributed by atoms with Gasteiger partial charge in [0.2, 0.25) is 0 Å². The van der Waals surface area contributed by atoms with Crippen molar-refractivity contribution in [2.75, 3.05) is 9.80 Å². The minimum absolute atomic E-state index is 0.0991. The zero-order chi connectivity index (χ0) is 41.3. The molecule has 0 fully saturated rings. The Kier molecular flexibility index (Phi) is 8.72. The summed E-state index contributed by atoms with van der Waals surface area (Å²) in [5.74, 6) is 0.881. The van der Waals surface area contributed by atoms with Crippen LogP contribution in [0, 0.1) is 20.8 Å². The first-order valence-corrected chi connectivity index (χ1v) is 22.7. The van der Waals surface area contributed by atoms with E-state index in [9.17, 15) is 0 Å². The van der Waals surface area contributed by atoms with E-state index in [0.717, 1.165) is 0 Å². The number of hydrogen-bond acceptors (Lipinski definition) is 3. The number of hydrogen-bond donors (Lipinski definition) is 0. The maximum atomic E-state index is 2.65. The molecule has 296 valence electrons. The van der Waals surface area contributed by atoms with Crippen LogP contribution in [0.4, 0.5) is 34.1 Å². The maximum Gasteiger partial charge on any atom is 0.264 e. The van der Waals surface area contributed by atoms with Gasteiger partial charge in [-0.25, -0.2) is 0 Å². The number of rotatable bonds is 5. The highest BCUT2D eigenvalue weighted by Gasteiger charge is 2.46. The third-order valence-corrected chi connectivity index (χ3v) is 15.4. The summed E-state index contributed by atoms with van der Waals surface area (Å²) in [7, 11) is 0. The molecule has 7 aromatic rings. The van der Waals surface area contributed by atoms with E-state index in [-0.39, 0.29) is 17.5 Å². The Morgan fingerprint density at radius 3 is 1.92 bits per heavy atom. The minimum Gasteiger partial charge on any atom is -0.311 e. The monoisotopic (exact) mass is 788 g/mol. The molecular weight excluding hydrogens is 731 g/mol. The first-order valence-electron chi connectivity index (χ1n) is 21.9. The molecular formula is C55H57BN2S. The van der Waals surface area contributed by atoms with Crippen LogP contribution in [0.2, 0.25) is 0 Å². The average Bonchev–Trinajstić information content (AvgIpc) is 3.58. The molecule has 0 atom stereocenters. The highest BCUT2D eigenvalue weighted by atomic mass is 32.1. The van der Waals surface area contributed by atoms with Gasteiger partial charge in [-0.05, 0) is 166 Å². The minimum atomic E-state index is 0.0991. The number of thiophene rings is 1. The molecule has 4 heteroatoms. The van der Waals surface area contributed by atoms with Gasteiger partial charge in [-0.3, -0.25) is 0 Å². The summed E-state index contributed by atoms with van der Waals surface area (Å²) >= 11 is 2.04. The Bertz CT molecular complexity index is 2840. The van der Waals surface area contributed by atoms with E-state index in [4.69, 9.17) is 0 Å². The van der Waals surface area contributed by atoms with Crippen molar-refractivity contribution in [2.24, 2.45) is 0 Å². The second kappa shape index (κ2) is 13.5. The molecule has 3 aliphatic rings. The molecule has 59 heavy (non-hydrogen) atoms. The number of aryl methyl sites for hydroxylation is 3. The molecule has 6 aromatic carbocycles. The topological polar surface area (TPSA) is 6.48 Å². The van der Waals surface area contributed by atoms with Crippen LogP contribution in [0.3, 0.4) is 0 Å². The van der Waals surface area contributed by atoms with Crippen LogP contribution in [-0.2, 0) is 10.8 Å². The van der Waals surface area contributed by atoms with Crippen molar-refractivity contribution in [2.45, 2.75) is 112 Å². The van der Waals surface area contributed by atoms with E-state index in [1.54, 1.807) is 0 Å². The molecule has 0 unspecified atom stereocenters. The van der Waals surface area contributed by atoms with Gasteiger partial charge >= 0.3 is 0 Å². The molecule has 2 aliphatic heterocycles. The lowest BCUT2D eigenvalue weighted by Gasteiger charge is -2.44. The van der Waals surface area contributed by atoms with Crippen LogP contribution >= 0.6 is 11.3 Å². The molecule has 0 N–H and O–H groups in total. The van der Waals surface area contributed by atoms with Crippen molar-refractivity contribution in [3.63, 3.8) is 0 Å². The van der Waals surface area contributed by atoms with Gasteiger partial charge in [0.25, 0.3) is 6.71 Å². The summed E-state index contributed by atoms with van der Waals surface area (Å²) in [6, 6.07) is 42.9. The Morgan fingerprint density at radius 1 is 0.593 bits per heavy atom. The summed E-state index contributed by atoms with van der Waals surface area (Å²) in [4.78, 5) is 5.26. The molecule has 10 rings (SSSR count).